The van der Waals surface area contributed by atoms with E-state index in [9.17, 15) is 4.79 Å². The second-order valence-corrected chi connectivity index (χ2v) is 5.41. The fourth-order valence-electron chi connectivity index (χ4n) is 1.40. The van der Waals surface area contributed by atoms with E-state index in [2.05, 4.69) is 21.2 Å². The van der Waals surface area contributed by atoms with E-state index in [1.54, 1.807) is 6.92 Å². The Morgan fingerprint density at radius 3 is 2.39 bits per heavy atom. The molecule has 5 heteroatoms. The third-order valence-corrected chi connectivity index (χ3v) is 3.43. The summed E-state index contributed by atoms with van der Waals surface area (Å²) in [4.78, 5) is 12.1. The molecule has 0 aliphatic rings. The predicted octanol–water partition coefficient (Wildman–Crippen LogP) is 2.96. The van der Waals surface area contributed by atoms with Gasteiger partial charge in [-0.05, 0) is 38.0 Å². The smallest absolute Gasteiger partial charge is 0.244 e. The van der Waals surface area contributed by atoms with Crippen molar-refractivity contribution in [3.05, 3.63) is 34.3 Å². The van der Waals surface area contributed by atoms with Crippen molar-refractivity contribution >= 4 is 34.2 Å². The van der Waals surface area contributed by atoms with E-state index in [4.69, 9.17) is 5.73 Å². The first-order chi connectivity index (χ1) is 7.87. The molecule has 0 aromatic heterocycles. The van der Waals surface area contributed by atoms with Crippen molar-refractivity contribution in [3.8, 4) is 0 Å². The highest BCUT2D eigenvalue weighted by atomic mass is 79.9. The summed E-state index contributed by atoms with van der Waals surface area (Å²) in [5.41, 5.74) is 5.92. The first kappa shape index (κ1) is 17.4. The second kappa shape index (κ2) is 7.12. The van der Waals surface area contributed by atoms with E-state index in [0.29, 0.717) is 0 Å². The molecule has 0 bridgehead atoms. The normalized spacial score (nSPS) is 15.2. The Hall–Kier alpha value is -0.580. The van der Waals surface area contributed by atoms with E-state index < -0.39 is 5.54 Å². The fourth-order valence-corrected chi connectivity index (χ4v) is 1.67. The quantitative estimate of drug-likeness (QED) is 0.889. The third-order valence-electron chi connectivity index (χ3n) is 2.91. The molecule has 1 aromatic rings. The van der Waals surface area contributed by atoms with Crippen molar-refractivity contribution in [1.82, 2.24) is 5.32 Å². The Morgan fingerprint density at radius 1 is 1.44 bits per heavy atom. The lowest BCUT2D eigenvalue weighted by molar-refractivity contribution is -0.126. The number of hydrogen-bond acceptors (Lipinski definition) is 2. The SMILES string of the molecule is CCC(C)NC(=O)C(C)(N)c1ccc(Br)cc1.Cl. The number of halogens is 2. The molecule has 1 amide bonds. The zero-order valence-electron chi connectivity index (χ0n) is 10.9. The maximum absolute atomic E-state index is 12.1. The van der Waals surface area contributed by atoms with Gasteiger partial charge in [0.1, 0.15) is 5.54 Å². The van der Waals surface area contributed by atoms with Crippen LogP contribution in [0, 0.1) is 0 Å². The van der Waals surface area contributed by atoms with Crippen LogP contribution in [0.4, 0.5) is 0 Å². The van der Waals surface area contributed by atoms with E-state index in [0.717, 1.165) is 16.5 Å². The van der Waals surface area contributed by atoms with Gasteiger partial charge in [0.25, 0.3) is 0 Å². The summed E-state index contributed by atoms with van der Waals surface area (Å²) in [6.45, 7) is 5.72. The summed E-state index contributed by atoms with van der Waals surface area (Å²) in [6, 6.07) is 7.63. The van der Waals surface area contributed by atoms with Crippen LogP contribution in [0.5, 0.6) is 0 Å². The summed E-state index contributed by atoms with van der Waals surface area (Å²) in [6.07, 6.45) is 0.891. The molecule has 1 aromatic carbocycles. The number of nitrogens with one attached hydrogen (secondary N) is 1. The minimum Gasteiger partial charge on any atom is -0.352 e. The topological polar surface area (TPSA) is 55.1 Å². The fraction of sp³-hybridized carbons (Fsp3) is 0.462. The molecule has 0 aliphatic carbocycles. The number of amides is 1. The molecule has 0 spiro atoms. The van der Waals surface area contributed by atoms with Crippen molar-refractivity contribution < 1.29 is 4.79 Å². The average Bonchev–Trinajstić information content (AvgIpc) is 2.29. The maximum Gasteiger partial charge on any atom is 0.244 e. The third kappa shape index (κ3) is 4.26. The molecule has 0 saturated carbocycles. The van der Waals surface area contributed by atoms with Crippen LogP contribution in [-0.2, 0) is 10.3 Å². The highest BCUT2D eigenvalue weighted by molar-refractivity contribution is 9.10. The van der Waals surface area contributed by atoms with Gasteiger partial charge in [-0.25, -0.2) is 0 Å². The van der Waals surface area contributed by atoms with Crippen LogP contribution >= 0.6 is 28.3 Å². The zero-order chi connectivity index (χ0) is 13.1. The number of carbonyl (C=O) groups excluding carboxylic acids is 1. The standard InChI is InChI=1S/C13H19BrN2O.ClH/c1-4-9(2)16-12(17)13(3,15)10-5-7-11(14)8-6-10;/h5-9H,4,15H2,1-3H3,(H,16,17);1H. The van der Waals surface area contributed by atoms with Crippen molar-refractivity contribution in [2.75, 3.05) is 0 Å². The molecular formula is C13H20BrClN2O. The molecule has 18 heavy (non-hydrogen) atoms. The van der Waals surface area contributed by atoms with Crippen LogP contribution in [0.3, 0.4) is 0 Å². The summed E-state index contributed by atoms with van der Waals surface area (Å²) in [5.74, 6) is -0.144. The predicted molar refractivity (Wildman–Crippen MR) is 80.8 cm³/mol. The van der Waals surface area contributed by atoms with Gasteiger partial charge < -0.3 is 11.1 Å². The Morgan fingerprint density at radius 2 is 1.94 bits per heavy atom. The molecule has 0 saturated heterocycles. The lowest BCUT2D eigenvalue weighted by Crippen LogP contribution is -2.51. The molecule has 0 heterocycles. The van der Waals surface area contributed by atoms with E-state index in [1.165, 1.54) is 0 Å². The molecule has 2 unspecified atom stereocenters. The lowest BCUT2D eigenvalue weighted by atomic mass is 9.92. The van der Waals surface area contributed by atoms with Crippen LogP contribution < -0.4 is 11.1 Å². The first-order valence-corrected chi connectivity index (χ1v) is 6.53. The number of hydrogen-bond donors (Lipinski definition) is 2. The molecule has 0 radical (unpaired) electrons. The minimum absolute atomic E-state index is 0. The summed E-state index contributed by atoms with van der Waals surface area (Å²) in [5, 5.41) is 2.91. The van der Waals surface area contributed by atoms with Crippen LogP contribution in [0.25, 0.3) is 0 Å². The van der Waals surface area contributed by atoms with Gasteiger partial charge in [0.2, 0.25) is 5.91 Å². The highest BCUT2D eigenvalue weighted by Crippen LogP contribution is 2.20. The van der Waals surface area contributed by atoms with Gasteiger partial charge in [-0.15, -0.1) is 12.4 Å². The van der Waals surface area contributed by atoms with E-state index in [1.807, 2.05) is 38.1 Å². The second-order valence-electron chi connectivity index (χ2n) is 4.49. The number of carbonyl (C=O) groups is 1. The van der Waals surface area contributed by atoms with Crippen molar-refractivity contribution in [2.45, 2.75) is 38.8 Å². The molecule has 0 fully saturated rings. The molecular weight excluding hydrogens is 316 g/mol. The Labute approximate surface area is 123 Å². The van der Waals surface area contributed by atoms with E-state index in [-0.39, 0.29) is 24.4 Å². The number of benzene rings is 1. The lowest BCUT2D eigenvalue weighted by Gasteiger charge is -2.26. The van der Waals surface area contributed by atoms with Gasteiger partial charge in [-0.3, -0.25) is 4.79 Å². The summed E-state index contributed by atoms with van der Waals surface area (Å²) < 4.78 is 0.972. The van der Waals surface area contributed by atoms with Crippen molar-refractivity contribution in [2.24, 2.45) is 5.73 Å². The minimum atomic E-state index is -0.996. The first-order valence-electron chi connectivity index (χ1n) is 5.73. The number of rotatable bonds is 4. The van der Waals surface area contributed by atoms with Crippen molar-refractivity contribution in [1.29, 1.82) is 0 Å². The summed E-state index contributed by atoms with van der Waals surface area (Å²) >= 11 is 3.36. The Balaban J connectivity index is 0.00000289. The van der Waals surface area contributed by atoms with Gasteiger partial charge in [-0.2, -0.15) is 0 Å². The molecule has 1 rings (SSSR count). The monoisotopic (exact) mass is 334 g/mol. The van der Waals surface area contributed by atoms with Gasteiger partial charge in [0.15, 0.2) is 0 Å². The van der Waals surface area contributed by atoms with Crippen molar-refractivity contribution in [3.63, 3.8) is 0 Å². The molecule has 2 atom stereocenters. The van der Waals surface area contributed by atoms with Gasteiger partial charge in [0.05, 0.1) is 0 Å². The van der Waals surface area contributed by atoms with Gasteiger partial charge >= 0.3 is 0 Å². The average molecular weight is 336 g/mol. The van der Waals surface area contributed by atoms with Gasteiger partial charge in [0, 0.05) is 10.5 Å². The number of nitrogens with two attached hydrogens (primary N) is 1. The Bertz CT molecular complexity index is 392. The van der Waals surface area contributed by atoms with E-state index >= 15 is 0 Å². The highest BCUT2D eigenvalue weighted by Gasteiger charge is 2.30. The van der Waals surface area contributed by atoms with Gasteiger partial charge in [-0.1, -0.05) is 35.0 Å². The molecule has 3 nitrogen and oxygen atoms in total. The maximum atomic E-state index is 12.1. The summed E-state index contributed by atoms with van der Waals surface area (Å²) in [7, 11) is 0. The zero-order valence-corrected chi connectivity index (χ0v) is 13.3. The van der Waals surface area contributed by atoms with Crippen LogP contribution in [0.1, 0.15) is 32.8 Å². The van der Waals surface area contributed by atoms with Crippen LogP contribution in [0.2, 0.25) is 0 Å². The molecule has 0 aliphatic heterocycles. The van der Waals surface area contributed by atoms with Crippen LogP contribution in [0.15, 0.2) is 28.7 Å². The largest absolute Gasteiger partial charge is 0.352 e. The molecule has 3 N–H and O–H groups in total. The Kier molecular flexibility index (Phi) is 6.89. The molecule has 102 valence electrons. The van der Waals surface area contributed by atoms with Crippen LogP contribution in [-0.4, -0.2) is 11.9 Å².